The third kappa shape index (κ3) is 5.73. The summed E-state index contributed by atoms with van der Waals surface area (Å²) in [6, 6.07) is 0. The number of hydrogen-bond acceptors (Lipinski definition) is 7. The maximum absolute atomic E-state index is 10.3. The number of carboxylic acids is 1. The normalized spacial score (nSPS) is 10.2. The van der Waals surface area contributed by atoms with Crippen LogP contribution in [0.15, 0.2) is 6.33 Å². The molecule has 0 fully saturated rings. The number of nitrogens with zero attached hydrogens (tertiary/aromatic N) is 3. The van der Waals surface area contributed by atoms with Crippen molar-refractivity contribution in [2.75, 3.05) is 5.43 Å². The van der Waals surface area contributed by atoms with E-state index < -0.39 is 5.97 Å². The Hall–Kier alpha value is -1.80. The highest BCUT2D eigenvalue weighted by molar-refractivity contribution is 5.66. The molecule has 1 aromatic heterocycles. The molecule has 1 rings (SSSR count). The Balaban J connectivity index is 2.26. The highest BCUT2D eigenvalue weighted by Crippen LogP contribution is 2.05. The van der Waals surface area contributed by atoms with Gasteiger partial charge in [0.05, 0.1) is 0 Å². The number of rotatable bonds is 8. The lowest BCUT2D eigenvalue weighted by Crippen LogP contribution is -2.30. The second-order valence-electron chi connectivity index (χ2n) is 3.45. The Labute approximate surface area is 98.6 Å². The van der Waals surface area contributed by atoms with Crippen molar-refractivity contribution in [2.24, 2.45) is 5.84 Å². The Bertz CT molecular complexity index is 359. The molecular weight excluding hydrogens is 224 g/mol. The highest BCUT2D eigenvalue weighted by Gasteiger charge is 2.01. The summed E-state index contributed by atoms with van der Waals surface area (Å²) in [5.41, 5.74) is 4.78. The van der Waals surface area contributed by atoms with Crippen LogP contribution in [0.2, 0.25) is 0 Å². The standard InChI is InChI=1S/C9H16N6O2/c10-15-14-9-12-6-11-7(13-9)4-2-1-3-5-8(16)17/h6,15H,1-5,10H2,(H,16,17)(H,11,12,13,14). The van der Waals surface area contributed by atoms with Crippen molar-refractivity contribution in [3.8, 4) is 0 Å². The number of anilines is 1. The van der Waals surface area contributed by atoms with Gasteiger partial charge >= 0.3 is 5.97 Å². The van der Waals surface area contributed by atoms with Gasteiger partial charge in [-0.2, -0.15) is 10.5 Å². The van der Waals surface area contributed by atoms with E-state index in [2.05, 4.69) is 25.9 Å². The molecule has 0 saturated carbocycles. The van der Waals surface area contributed by atoms with Crippen LogP contribution in [0.25, 0.3) is 0 Å². The van der Waals surface area contributed by atoms with Gasteiger partial charge in [-0.1, -0.05) is 6.42 Å². The maximum atomic E-state index is 10.3. The number of hydrogen-bond donors (Lipinski definition) is 4. The van der Waals surface area contributed by atoms with Gasteiger partial charge < -0.3 is 5.11 Å². The van der Waals surface area contributed by atoms with Crippen molar-refractivity contribution < 1.29 is 9.90 Å². The van der Waals surface area contributed by atoms with E-state index in [9.17, 15) is 4.79 Å². The number of aryl methyl sites for hydroxylation is 1. The zero-order valence-corrected chi connectivity index (χ0v) is 9.39. The molecule has 94 valence electrons. The summed E-state index contributed by atoms with van der Waals surface area (Å²) in [5, 5.41) is 8.47. The van der Waals surface area contributed by atoms with Crippen LogP contribution in [0.1, 0.15) is 31.5 Å². The molecule has 17 heavy (non-hydrogen) atoms. The zero-order valence-electron chi connectivity index (χ0n) is 9.39. The Morgan fingerprint density at radius 1 is 1.35 bits per heavy atom. The smallest absolute Gasteiger partial charge is 0.303 e. The summed E-state index contributed by atoms with van der Waals surface area (Å²) < 4.78 is 0. The number of aromatic nitrogens is 3. The second-order valence-corrected chi connectivity index (χ2v) is 3.45. The third-order valence-corrected chi connectivity index (χ3v) is 2.10. The molecule has 8 heteroatoms. The SMILES string of the molecule is NNNc1ncnc(CCCCCC(=O)O)n1. The minimum atomic E-state index is -0.759. The van der Waals surface area contributed by atoms with Crippen LogP contribution in [0.4, 0.5) is 5.95 Å². The van der Waals surface area contributed by atoms with E-state index in [1.54, 1.807) is 0 Å². The summed E-state index contributed by atoms with van der Waals surface area (Å²) in [7, 11) is 0. The van der Waals surface area contributed by atoms with Crippen molar-refractivity contribution in [3.05, 3.63) is 12.2 Å². The van der Waals surface area contributed by atoms with Crippen molar-refractivity contribution in [1.29, 1.82) is 0 Å². The van der Waals surface area contributed by atoms with E-state index in [4.69, 9.17) is 10.9 Å². The van der Waals surface area contributed by atoms with Gasteiger partial charge in [0.1, 0.15) is 12.2 Å². The molecule has 0 bridgehead atoms. The number of aliphatic carboxylic acids is 1. The van der Waals surface area contributed by atoms with E-state index >= 15 is 0 Å². The van der Waals surface area contributed by atoms with Crippen molar-refractivity contribution in [3.63, 3.8) is 0 Å². The minimum absolute atomic E-state index is 0.209. The van der Waals surface area contributed by atoms with Crippen LogP contribution >= 0.6 is 0 Å². The van der Waals surface area contributed by atoms with Crippen molar-refractivity contribution >= 4 is 11.9 Å². The van der Waals surface area contributed by atoms with Crippen LogP contribution in [0.3, 0.4) is 0 Å². The van der Waals surface area contributed by atoms with E-state index in [1.807, 2.05) is 0 Å². The molecule has 1 aromatic rings. The van der Waals surface area contributed by atoms with Gasteiger partial charge in [-0.05, 0) is 12.8 Å². The zero-order chi connectivity index (χ0) is 12.5. The molecule has 0 aliphatic heterocycles. The molecule has 0 atom stereocenters. The van der Waals surface area contributed by atoms with E-state index in [-0.39, 0.29) is 6.42 Å². The predicted molar refractivity (Wildman–Crippen MR) is 60.6 cm³/mol. The number of carboxylic acid groups (broad SMARTS) is 1. The topological polar surface area (TPSA) is 126 Å². The van der Waals surface area contributed by atoms with Crippen LogP contribution in [0.5, 0.6) is 0 Å². The van der Waals surface area contributed by atoms with Crippen LogP contribution in [0, 0.1) is 0 Å². The molecule has 0 amide bonds. The molecule has 8 nitrogen and oxygen atoms in total. The van der Waals surface area contributed by atoms with Crippen molar-refractivity contribution in [2.45, 2.75) is 32.1 Å². The number of hydrazine groups is 2. The largest absolute Gasteiger partial charge is 0.481 e. The van der Waals surface area contributed by atoms with E-state index in [0.29, 0.717) is 24.6 Å². The fourth-order valence-electron chi connectivity index (χ4n) is 1.31. The lowest BCUT2D eigenvalue weighted by Gasteiger charge is -2.03. The first-order valence-corrected chi connectivity index (χ1v) is 5.33. The first-order valence-electron chi connectivity index (χ1n) is 5.33. The lowest BCUT2D eigenvalue weighted by atomic mass is 10.1. The minimum Gasteiger partial charge on any atom is -0.481 e. The van der Waals surface area contributed by atoms with Crippen LogP contribution < -0.4 is 16.8 Å². The number of nitrogens with two attached hydrogens (primary N) is 1. The van der Waals surface area contributed by atoms with Gasteiger partial charge in [-0.3, -0.25) is 16.1 Å². The predicted octanol–water partition coefficient (Wildman–Crippen LogP) is -0.151. The monoisotopic (exact) mass is 240 g/mol. The molecule has 0 aliphatic rings. The average molecular weight is 240 g/mol. The number of nitrogens with one attached hydrogen (secondary N) is 2. The van der Waals surface area contributed by atoms with E-state index in [1.165, 1.54) is 6.33 Å². The van der Waals surface area contributed by atoms with Gasteiger partial charge in [0.25, 0.3) is 0 Å². The lowest BCUT2D eigenvalue weighted by molar-refractivity contribution is -0.137. The van der Waals surface area contributed by atoms with Gasteiger partial charge in [0.15, 0.2) is 0 Å². The first-order chi connectivity index (χ1) is 8.22. The Morgan fingerprint density at radius 3 is 2.88 bits per heavy atom. The summed E-state index contributed by atoms with van der Waals surface area (Å²) >= 11 is 0. The van der Waals surface area contributed by atoms with E-state index in [0.717, 1.165) is 12.8 Å². The molecule has 0 spiro atoms. The summed E-state index contributed by atoms with van der Waals surface area (Å²) in [6.45, 7) is 0. The molecular formula is C9H16N6O2. The molecule has 0 aliphatic carbocycles. The summed E-state index contributed by atoms with van der Waals surface area (Å²) in [4.78, 5) is 22.2. The van der Waals surface area contributed by atoms with Gasteiger partial charge in [0.2, 0.25) is 5.95 Å². The van der Waals surface area contributed by atoms with Crippen LogP contribution in [-0.4, -0.2) is 26.0 Å². The molecule has 1 heterocycles. The molecule has 0 aromatic carbocycles. The fraction of sp³-hybridized carbons (Fsp3) is 0.556. The van der Waals surface area contributed by atoms with Gasteiger partial charge in [0, 0.05) is 12.8 Å². The molecule has 0 saturated heterocycles. The van der Waals surface area contributed by atoms with Crippen molar-refractivity contribution in [1.82, 2.24) is 20.5 Å². The quantitative estimate of drug-likeness (QED) is 0.281. The summed E-state index contributed by atoms with van der Waals surface area (Å²) in [6.07, 6.45) is 4.68. The first kappa shape index (κ1) is 13.3. The highest BCUT2D eigenvalue weighted by atomic mass is 16.4. The third-order valence-electron chi connectivity index (χ3n) is 2.10. The fourth-order valence-corrected chi connectivity index (χ4v) is 1.31. The number of carbonyl (C=O) groups is 1. The maximum Gasteiger partial charge on any atom is 0.303 e. The second kappa shape index (κ2) is 7.47. The number of unbranched alkanes of at least 4 members (excludes halogenated alkanes) is 2. The Morgan fingerprint density at radius 2 is 2.18 bits per heavy atom. The van der Waals surface area contributed by atoms with Crippen LogP contribution in [-0.2, 0) is 11.2 Å². The molecule has 0 radical (unpaired) electrons. The Kier molecular flexibility index (Phi) is 5.83. The summed E-state index contributed by atoms with van der Waals surface area (Å²) in [5.74, 6) is 5.33. The molecule has 5 N–H and O–H groups in total. The molecule has 0 unspecified atom stereocenters. The average Bonchev–Trinajstić information content (AvgIpc) is 2.29. The van der Waals surface area contributed by atoms with Gasteiger partial charge in [-0.25, -0.2) is 9.97 Å². The van der Waals surface area contributed by atoms with Gasteiger partial charge in [-0.15, -0.1) is 0 Å².